The second kappa shape index (κ2) is 3.29. The van der Waals surface area contributed by atoms with Crippen molar-refractivity contribution >= 4 is 5.69 Å². The van der Waals surface area contributed by atoms with Crippen LogP contribution < -0.4 is 5.32 Å². The van der Waals surface area contributed by atoms with Gasteiger partial charge < -0.3 is 10.4 Å². The number of phenols is 1. The second-order valence-electron chi connectivity index (χ2n) is 3.70. The molecule has 1 atom stereocenters. The standard InChI is InChI=1S/C11H15NO/c1-2-8-5-9-3-4-10(13)6-11(9)12-7-8/h3-4,6,8,12-13H,2,5,7H2,1H3/t8-/m0/s1. The largest absolute Gasteiger partial charge is 0.508 e. The molecule has 1 heterocycles. The van der Waals surface area contributed by atoms with E-state index in [9.17, 15) is 5.11 Å². The van der Waals surface area contributed by atoms with Crippen LogP contribution in [0.25, 0.3) is 0 Å². The van der Waals surface area contributed by atoms with Gasteiger partial charge in [-0.1, -0.05) is 19.4 Å². The van der Waals surface area contributed by atoms with Gasteiger partial charge in [0.15, 0.2) is 0 Å². The Morgan fingerprint density at radius 2 is 2.38 bits per heavy atom. The van der Waals surface area contributed by atoms with Crippen molar-refractivity contribution in [2.45, 2.75) is 19.8 Å². The minimum atomic E-state index is 0.348. The summed E-state index contributed by atoms with van der Waals surface area (Å²) < 4.78 is 0. The molecule has 0 bridgehead atoms. The number of hydrogen-bond donors (Lipinski definition) is 2. The van der Waals surface area contributed by atoms with Crippen LogP contribution in [0.5, 0.6) is 5.75 Å². The Balaban J connectivity index is 2.26. The average molecular weight is 177 g/mol. The first-order valence-corrected chi connectivity index (χ1v) is 4.85. The van der Waals surface area contributed by atoms with Crippen molar-refractivity contribution in [1.29, 1.82) is 0 Å². The maximum absolute atomic E-state index is 9.27. The van der Waals surface area contributed by atoms with Crippen molar-refractivity contribution in [3.05, 3.63) is 23.8 Å². The van der Waals surface area contributed by atoms with Crippen molar-refractivity contribution in [2.75, 3.05) is 11.9 Å². The van der Waals surface area contributed by atoms with E-state index in [2.05, 4.69) is 12.2 Å². The Hall–Kier alpha value is -1.18. The van der Waals surface area contributed by atoms with Gasteiger partial charge in [0.2, 0.25) is 0 Å². The van der Waals surface area contributed by atoms with Crippen LogP contribution >= 0.6 is 0 Å². The number of anilines is 1. The Bertz CT molecular complexity index is 309. The summed E-state index contributed by atoms with van der Waals surface area (Å²) in [5.74, 6) is 1.10. The summed E-state index contributed by atoms with van der Waals surface area (Å²) in [7, 11) is 0. The third-order valence-corrected chi connectivity index (χ3v) is 2.76. The molecule has 0 saturated heterocycles. The van der Waals surface area contributed by atoms with E-state index in [1.165, 1.54) is 12.0 Å². The molecule has 2 heteroatoms. The molecule has 1 aliphatic heterocycles. The smallest absolute Gasteiger partial charge is 0.117 e. The fourth-order valence-electron chi connectivity index (χ4n) is 1.83. The van der Waals surface area contributed by atoms with Crippen molar-refractivity contribution in [3.8, 4) is 5.75 Å². The van der Waals surface area contributed by atoms with Gasteiger partial charge >= 0.3 is 0 Å². The molecule has 0 fully saturated rings. The van der Waals surface area contributed by atoms with Crippen LogP contribution in [-0.2, 0) is 6.42 Å². The first-order chi connectivity index (χ1) is 6.29. The summed E-state index contributed by atoms with van der Waals surface area (Å²) in [5, 5.41) is 12.6. The van der Waals surface area contributed by atoms with Crippen LogP contribution in [0.4, 0.5) is 5.69 Å². The van der Waals surface area contributed by atoms with Crippen molar-refractivity contribution in [1.82, 2.24) is 0 Å². The zero-order chi connectivity index (χ0) is 9.26. The highest BCUT2D eigenvalue weighted by Gasteiger charge is 2.16. The van der Waals surface area contributed by atoms with E-state index in [-0.39, 0.29) is 0 Å². The third-order valence-electron chi connectivity index (χ3n) is 2.76. The monoisotopic (exact) mass is 177 g/mol. The first-order valence-electron chi connectivity index (χ1n) is 4.85. The van der Waals surface area contributed by atoms with E-state index in [4.69, 9.17) is 0 Å². The van der Waals surface area contributed by atoms with Gasteiger partial charge in [0, 0.05) is 18.3 Å². The molecule has 0 aliphatic carbocycles. The summed E-state index contributed by atoms with van der Waals surface area (Å²) in [5.41, 5.74) is 2.43. The fraction of sp³-hybridized carbons (Fsp3) is 0.455. The lowest BCUT2D eigenvalue weighted by Crippen LogP contribution is -2.22. The Labute approximate surface area is 78.6 Å². The van der Waals surface area contributed by atoms with Crippen LogP contribution in [0.2, 0.25) is 0 Å². The van der Waals surface area contributed by atoms with Crippen LogP contribution in [-0.4, -0.2) is 11.7 Å². The molecule has 2 rings (SSSR count). The van der Waals surface area contributed by atoms with Crippen molar-refractivity contribution in [2.24, 2.45) is 5.92 Å². The number of nitrogens with one attached hydrogen (secondary N) is 1. The predicted octanol–water partition coefficient (Wildman–Crippen LogP) is 2.39. The van der Waals surface area contributed by atoms with E-state index in [0.717, 1.165) is 24.6 Å². The molecule has 70 valence electrons. The van der Waals surface area contributed by atoms with E-state index in [0.29, 0.717) is 5.75 Å². The molecule has 0 spiro atoms. The van der Waals surface area contributed by atoms with Gasteiger partial charge in [-0.25, -0.2) is 0 Å². The molecular formula is C11H15NO. The highest BCUT2D eigenvalue weighted by atomic mass is 16.3. The van der Waals surface area contributed by atoms with Gasteiger partial charge in [-0.3, -0.25) is 0 Å². The van der Waals surface area contributed by atoms with Crippen LogP contribution in [0.3, 0.4) is 0 Å². The molecule has 1 aliphatic rings. The van der Waals surface area contributed by atoms with Crippen LogP contribution in [0, 0.1) is 5.92 Å². The van der Waals surface area contributed by atoms with Crippen LogP contribution in [0.15, 0.2) is 18.2 Å². The first kappa shape index (κ1) is 8.42. The zero-order valence-electron chi connectivity index (χ0n) is 7.88. The lowest BCUT2D eigenvalue weighted by molar-refractivity contribution is 0.473. The number of phenolic OH excluding ortho intramolecular Hbond substituents is 1. The summed E-state index contributed by atoms with van der Waals surface area (Å²) in [6.45, 7) is 3.25. The summed E-state index contributed by atoms with van der Waals surface area (Å²) in [6.07, 6.45) is 2.35. The zero-order valence-corrected chi connectivity index (χ0v) is 7.88. The molecule has 0 amide bonds. The van der Waals surface area contributed by atoms with Gasteiger partial charge in [0.25, 0.3) is 0 Å². The second-order valence-corrected chi connectivity index (χ2v) is 3.70. The molecular weight excluding hydrogens is 162 g/mol. The quantitative estimate of drug-likeness (QED) is 0.690. The van der Waals surface area contributed by atoms with E-state index < -0.39 is 0 Å². The SMILES string of the molecule is CC[C@@H]1CNc2cc(O)ccc2C1. The highest BCUT2D eigenvalue weighted by molar-refractivity contribution is 5.56. The van der Waals surface area contributed by atoms with Crippen molar-refractivity contribution < 1.29 is 5.11 Å². The molecule has 1 aromatic carbocycles. The highest BCUT2D eigenvalue weighted by Crippen LogP contribution is 2.28. The normalized spacial score (nSPS) is 20.5. The van der Waals surface area contributed by atoms with Gasteiger partial charge in [-0.05, 0) is 24.0 Å². The van der Waals surface area contributed by atoms with E-state index in [1.54, 1.807) is 12.1 Å². The van der Waals surface area contributed by atoms with Gasteiger partial charge in [0.05, 0.1) is 0 Å². The molecule has 0 unspecified atom stereocenters. The molecule has 1 aromatic rings. The predicted molar refractivity (Wildman–Crippen MR) is 54.1 cm³/mol. The van der Waals surface area contributed by atoms with Gasteiger partial charge in [0.1, 0.15) is 5.75 Å². The minimum absolute atomic E-state index is 0.348. The number of benzene rings is 1. The topological polar surface area (TPSA) is 32.3 Å². The molecule has 0 saturated carbocycles. The third kappa shape index (κ3) is 1.62. The molecule has 0 radical (unpaired) electrons. The number of aromatic hydroxyl groups is 1. The Kier molecular flexibility index (Phi) is 2.13. The lowest BCUT2D eigenvalue weighted by atomic mass is 9.92. The number of rotatable bonds is 1. The lowest BCUT2D eigenvalue weighted by Gasteiger charge is -2.25. The maximum Gasteiger partial charge on any atom is 0.117 e. The molecule has 13 heavy (non-hydrogen) atoms. The Morgan fingerprint density at radius 1 is 1.54 bits per heavy atom. The summed E-state index contributed by atoms with van der Waals surface area (Å²) in [4.78, 5) is 0. The van der Waals surface area contributed by atoms with E-state index in [1.807, 2.05) is 6.07 Å². The molecule has 2 N–H and O–H groups in total. The van der Waals surface area contributed by atoms with E-state index >= 15 is 0 Å². The van der Waals surface area contributed by atoms with Crippen molar-refractivity contribution in [3.63, 3.8) is 0 Å². The van der Waals surface area contributed by atoms with Crippen LogP contribution in [0.1, 0.15) is 18.9 Å². The molecule has 2 nitrogen and oxygen atoms in total. The maximum atomic E-state index is 9.27. The number of fused-ring (bicyclic) bond motifs is 1. The summed E-state index contributed by atoms with van der Waals surface area (Å²) >= 11 is 0. The number of hydrogen-bond acceptors (Lipinski definition) is 2. The van der Waals surface area contributed by atoms with Gasteiger partial charge in [-0.15, -0.1) is 0 Å². The average Bonchev–Trinajstić information content (AvgIpc) is 2.17. The minimum Gasteiger partial charge on any atom is -0.508 e. The summed E-state index contributed by atoms with van der Waals surface area (Å²) in [6, 6.07) is 5.58. The Morgan fingerprint density at radius 3 is 3.15 bits per heavy atom. The van der Waals surface area contributed by atoms with Gasteiger partial charge in [-0.2, -0.15) is 0 Å². The fourth-order valence-corrected chi connectivity index (χ4v) is 1.83. The molecule has 0 aromatic heterocycles.